The number of benzene rings is 3. The summed E-state index contributed by atoms with van der Waals surface area (Å²) in [5.41, 5.74) is 1.80. The minimum absolute atomic E-state index is 0.213. The first-order valence-corrected chi connectivity index (χ1v) is 9.99. The third kappa shape index (κ3) is 5.68. The van der Waals surface area contributed by atoms with E-state index < -0.39 is 16.1 Å². The number of hydrogen-bond donors (Lipinski definition) is 1. The maximum atomic E-state index is 12.7. The topological polar surface area (TPSA) is 46.2 Å². The van der Waals surface area contributed by atoms with Crippen LogP contribution in [0.5, 0.6) is 0 Å². The van der Waals surface area contributed by atoms with E-state index in [-0.39, 0.29) is 4.90 Å². The minimum Gasteiger partial charge on any atom is -0.207 e. The standard InChI is InChI=1S/C23H19NO2S/c25-27(26,23-14-8-3-9-15-23)24-22(18-16-20-10-4-1-5-11-20)19-17-21-12-6-2-7-13-21/h1-16,18,22,24H/b18-16+. The van der Waals surface area contributed by atoms with E-state index in [0.29, 0.717) is 0 Å². The minimum atomic E-state index is -3.67. The molecule has 0 aliphatic carbocycles. The molecule has 0 amide bonds. The Kier molecular flexibility index (Phi) is 6.22. The van der Waals surface area contributed by atoms with Gasteiger partial charge in [-0.15, -0.1) is 0 Å². The van der Waals surface area contributed by atoms with Crippen LogP contribution in [-0.2, 0) is 10.0 Å². The lowest BCUT2D eigenvalue weighted by atomic mass is 10.1. The van der Waals surface area contributed by atoms with Gasteiger partial charge >= 0.3 is 0 Å². The summed E-state index contributed by atoms with van der Waals surface area (Å²) in [5, 5.41) is 0. The molecule has 1 N–H and O–H groups in total. The van der Waals surface area contributed by atoms with Crippen molar-refractivity contribution >= 4 is 16.1 Å². The zero-order valence-electron chi connectivity index (χ0n) is 14.6. The Bertz CT molecular complexity index is 1050. The van der Waals surface area contributed by atoms with Gasteiger partial charge in [0.1, 0.15) is 6.04 Å². The molecule has 134 valence electrons. The fourth-order valence-corrected chi connectivity index (χ4v) is 3.53. The zero-order valence-corrected chi connectivity index (χ0v) is 15.4. The van der Waals surface area contributed by atoms with Gasteiger partial charge in [-0.3, -0.25) is 0 Å². The smallest absolute Gasteiger partial charge is 0.207 e. The third-order valence-electron chi connectivity index (χ3n) is 3.76. The molecule has 27 heavy (non-hydrogen) atoms. The maximum Gasteiger partial charge on any atom is 0.241 e. The summed E-state index contributed by atoms with van der Waals surface area (Å²) < 4.78 is 28.0. The van der Waals surface area contributed by atoms with Crippen molar-refractivity contribution in [3.63, 3.8) is 0 Å². The van der Waals surface area contributed by atoms with Gasteiger partial charge in [0.2, 0.25) is 10.0 Å². The lowest BCUT2D eigenvalue weighted by Crippen LogP contribution is -2.32. The molecule has 0 saturated heterocycles. The molecule has 0 aliphatic heterocycles. The third-order valence-corrected chi connectivity index (χ3v) is 5.22. The summed E-state index contributed by atoms with van der Waals surface area (Å²) >= 11 is 0. The van der Waals surface area contributed by atoms with Gasteiger partial charge in [0.15, 0.2) is 0 Å². The zero-order chi connectivity index (χ0) is 19.0. The Morgan fingerprint density at radius 1 is 0.778 bits per heavy atom. The largest absolute Gasteiger partial charge is 0.241 e. The quantitative estimate of drug-likeness (QED) is 0.685. The summed E-state index contributed by atoms with van der Waals surface area (Å²) in [7, 11) is -3.67. The maximum absolute atomic E-state index is 12.7. The van der Waals surface area contributed by atoms with Crippen LogP contribution in [0.25, 0.3) is 6.08 Å². The highest BCUT2D eigenvalue weighted by Gasteiger charge is 2.16. The lowest BCUT2D eigenvalue weighted by Gasteiger charge is -2.10. The van der Waals surface area contributed by atoms with Crippen molar-refractivity contribution in [1.29, 1.82) is 0 Å². The molecule has 0 aromatic heterocycles. The van der Waals surface area contributed by atoms with Crippen LogP contribution < -0.4 is 4.72 Å². The van der Waals surface area contributed by atoms with Crippen LogP contribution in [0.3, 0.4) is 0 Å². The number of nitrogens with one attached hydrogen (secondary N) is 1. The van der Waals surface area contributed by atoms with E-state index in [1.165, 1.54) is 0 Å². The number of hydrogen-bond acceptors (Lipinski definition) is 2. The predicted octanol–water partition coefficient (Wildman–Crippen LogP) is 4.10. The summed E-state index contributed by atoms with van der Waals surface area (Å²) in [6, 6.07) is 26.8. The van der Waals surface area contributed by atoms with Crippen LogP contribution in [-0.4, -0.2) is 14.5 Å². The highest BCUT2D eigenvalue weighted by Crippen LogP contribution is 2.09. The van der Waals surface area contributed by atoms with E-state index in [2.05, 4.69) is 16.6 Å². The molecule has 3 aromatic rings. The van der Waals surface area contributed by atoms with Crippen molar-refractivity contribution in [3.05, 3.63) is 108 Å². The van der Waals surface area contributed by atoms with Crippen molar-refractivity contribution in [3.8, 4) is 11.8 Å². The van der Waals surface area contributed by atoms with Crippen LogP contribution in [0.4, 0.5) is 0 Å². The van der Waals surface area contributed by atoms with Gasteiger partial charge in [0, 0.05) is 5.56 Å². The SMILES string of the molecule is O=S(=O)(NC(C#Cc1ccccc1)/C=C/c1ccccc1)c1ccccc1. The van der Waals surface area contributed by atoms with Gasteiger partial charge in [0.25, 0.3) is 0 Å². The summed E-state index contributed by atoms with van der Waals surface area (Å²) in [6.07, 6.45) is 3.61. The van der Waals surface area contributed by atoms with Crippen molar-refractivity contribution in [2.24, 2.45) is 0 Å². The molecule has 1 atom stereocenters. The summed E-state index contributed by atoms with van der Waals surface area (Å²) in [6.45, 7) is 0. The van der Waals surface area contributed by atoms with Crippen LogP contribution in [0, 0.1) is 11.8 Å². The highest BCUT2D eigenvalue weighted by atomic mass is 32.2. The first-order valence-electron chi connectivity index (χ1n) is 8.51. The first-order chi connectivity index (χ1) is 13.1. The molecule has 0 saturated carbocycles. The van der Waals surface area contributed by atoms with E-state index >= 15 is 0 Å². The molecular weight excluding hydrogens is 354 g/mol. The number of sulfonamides is 1. The Balaban J connectivity index is 1.88. The van der Waals surface area contributed by atoms with E-state index in [0.717, 1.165) is 11.1 Å². The molecule has 3 rings (SSSR count). The van der Waals surface area contributed by atoms with Gasteiger partial charge in [-0.2, -0.15) is 4.72 Å². The lowest BCUT2D eigenvalue weighted by molar-refractivity contribution is 0.581. The fourth-order valence-electron chi connectivity index (χ4n) is 2.41. The monoisotopic (exact) mass is 373 g/mol. The van der Waals surface area contributed by atoms with Gasteiger partial charge in [-0.05, 0) is 29.8 Å². The molecule has 1 unspecified atom stereocenters. The molecule has 4 heteroatoms. The Hall–Kier alpha value is -3.13. The van der Waals surface area contributed by atoms with E-state index in [9.17, 15) is 8.42 Å². The summed E-state index contributed by atoms with van der Waals surface area (Å²) in [4.78, 5) is 0.213. The molecule has 0 heterocycles. The highest BCUT2D eigenvalue weighted by molar-refractivity contribution is 7.89. The average Bonchev–Trinajstić information content (AvgIpc) is 2.72. The van der Waals surface area contributed by atoms with Crippen LogP contribution >= 0.6 is 0 Å². The molecule has 3 nitrogen and oxygen atoms in total. The normalized spacial score (nSPS) is 12.3. The predicted molar refractivity (Wildman–Crippen MR) is 109 cm³/mol. The Morgan fingerprint density at radius 3 is 1.96 bits per heavy atom. The average molecular weight is 373 g/mol. The second-order valence-electron chi connectivity index (χ2n) is 5.82. The second-order valence-corrected chi connectivity index (χ2v) is 7.53. The molecule has 0 fully saturated rings. The van der Waals surface area contributed by atoms with Crippen molar-refractivity contribution in [1.82, 2.24) is 4.72 Å². The molecule has 0 bridgehead atoms. The molecule has 0 spiro atoms. The Labute approximate surface area is 160 Å². The summed E-state index contributed by atoms with van der Waals surface area (Å²) in [5.74, 6) is 6.03. The Morgan fingerprint density at radius 2 is 1.33 bits per heavy atom. The fraction of sp³-hybridized carbons (Fsp3) is 0.0435. The second kappa shape index (κ2) is 9.00. The molecule has 0 radical (unpaired) electrons. The molecule has 3 aromatic carbocycles. The van der Waals surface area contributed by atoms with Crippen molar-refractivity contribution in [2.75, 3.05) is 0 Å². The van der Waals surface area contributed by atoms with E-state index in [4.69, 9.17) is 0 Å². The van der Waals surface area contributed by atoms with Crippen molar-refractivity contribution < 1.29 is 8.42 Å². The van der Waals surface area contributed by atoms with E-state index in [1.807, 2.05) is 66.7 Å². The number of rotatable bonds is 5. The van der Waals surface area contributed by atoms with Crippen LogP contribution in [0.2, 0.25) is 0 Å². The van der Waals surface area contributed by atoms with Crippen LogP contribution in [0.1, 0.15) is 11.1 Å². The van der Waals surface area contributed by atoms with Crippen molar-refractivity contribution in [2.45, 2.75) is 10.9 Å². The van der Waals surface area contributed by atoms with Gasteiger partial charge in [-0.1, -0.05) is 90.7 Å². The van der Waals surface area contributed by atoms with Crippen LogP contribution in [0.15, 0.2) is 102 Å². The molecular formula is C23H19NO2S. The van der Waals surface area contributed by atoms with Gasteiger partial charge in [0.05, 0.1) is 4.90 Å². The van der Waals surface area contributed by atoms with Gasteiger partial charge < -0.3 is 0 Å². The van der Waals surface area contributed by atoms with Gasteiger partial charge in [-0.25, -0.2) is 8.42 Å². The first kappa shape index (κ1) is 18.7. The van der Waals surface area contributed by atoms with E-state index in [1.54, 1.807) is 36.4 Å². The molecule has 0 aliphatic rings.